The van der Waals surface area contributed by atoms with Gasteiger partial charge < -0.3 is 19.2 Å². The number of furan rings is 1. The van der Waals surface area contributed by atoms with E-state index in [2.05, 4.69) is 12.2 Å². The van der Waals surface area contributed by atoms with Gasteiger partial charge in [-0.1, -0.05) is 6.92 Å². The topological polar surface area (TPSA) is 43.6 Å². The van der Waals surface area contributed by atoms with Crippen molar-refractivity contribution in [3.8, 4) is 11.5 Å². The number of ether oxygens (including phenoxy) is 2. The maximum atomic E-state index is 5.76. The number of rotatable bonds is 6. The molecule has 1 aromatic carbocycles. The average Bonchev–Trinajstić information content (AvgIpc) is 2.90. The summed E-state index contributed by atoms with van der Waals surface area (Å²) in [6.07, 6.45) is 0. The largest absolute Gasteiger partial charge is 0.497 e. The summed E-state index contributed by atoms with van der Waals surface area (Å²) < 4.78 is 16.5. The van der Waals surface area contributed by atoms with Gasteiger partial charge in [0.05, 0.1) is 20.3 Å². The predicted molar refractivity (Wildman–Crippen MR) is 78.5 cm³/mol. The van der Waals surface area contributed by atoms with Gasteiger partial charge in [-0.05, 0) is 37.7 Å². The molecule has 0 aliphatic heterocycles. The molecule has 0 bridgehead atoms. The molecule has 0 aliphatic carbocycles. The molecule has 0 amide bonds. The molecule has 0 fully saturated rings. The molecule has 2 rings (SSSR count). The van der Waals surface area contributed by atoms with E-state index in [9.17, 15) is 0 Å². The van der Waals surface area contributed by atoms with Crippen LogP contribution in [-0.4, -0.2) is 20.8 Å². The van der Waals surface area contributed by atoms with E-state index in [4.69, 9.17) is 13.9 Å². The SMILES string of the molecule is CCNC(c1ccc(C)o1)c1ccc(OC)cc1OC. The Balaban J connectivity index is 2.43. The molecule has 108 valence electrons. The van der Waals surface area contributed by atoms with Gasteiger partial charge >= 0.3 is 0 Å². The van der Waals surface area contributed by atoms with Gasteiger partial charge in [0, 0.05) is 11.6 Å². The van der Waals surface area contributed by atoms with E-state index < -0.39 is 0 Å². The van der Waals surface area contributed by atoms with Crippen LogP contribution in [-0.2, 0) is 0 Å². The van der Waals surface area contributed by atoms with Gasteiger partial charge in [0.25, 0.3) is 0 Å². The van der Waals surface area contributed by atoms with Crippen molar-refractivity contribution in [2.75, 3.05) is 20.8 Å². The minimum atomic E-state index is -0.0328. The fraction of sp³-hybridized carbons (Fsp3) is 0.375. The summed E-state index contributed by atoms with van der Waals surface area (Å²) in [5, 5.41) is 3.43. The first-order valence-corrected chi connectivity index (χ1v) is 6.71. The number of nitrogens with one attached hydrogen (secondary N) is 1. The van der Waals surface area contributed by atoms with Crippen LogP contribution in [0.25, 0.3) is 0 Å². The van der Waals surface area contributed by atoms with Crippen molar-refractivity contribution in [1.29, 1.82) is 0 Å². The van der Waals surface area contributed by atoms with E-state index in [1.807, 2.05) is 37.3 Å². The van der Waals surface area contributed by atoms with Crippen LogP contribution >= 0.6 is 0 Å². The van der Waals surface area contributed by atoms with Crippen LogP contribution in [0.2, 0.25) is 0 Å². The van der Waals surface area contributed by atoms with Crippen molar-refractivity contribution in [2.24, 2.45) is 0 Å². The zero-order chi connectivity index (χ0) is 14.5. The van der Waals surface area contributed by atoms with Crippen LogP contribution in [0.4, 0.5) is 0 Å². The first-order valence-electron chi connectivity index (χ1n) is 6.71. The molecule has 0 saturated heterocycles. The molecule has 20 heavy (non-hydrogen) atoms. The lowest BCUT2D eigenvalue weighted by atomic mass is 10.0. The molecule has 1 atom stereocenters. The van der Waals surface area contributed by atoms with Gasteiger partial charge in [0.1, 0.15) is 23.0 Å². The second-order valence-corrected chi connectivity index (χ2v) is 4.55. The van der Waals surface area contributed by atoms with Crippen LogP contribution in [0.15, 0.2) is 34.7 Å². The highest BCUT2D eigenvalue weighted by Gasteiger charge is 2.20. The van der Waals surface area contributed by atoms with Gasteiger partial charge in [0.2, 0.25) is 0 Å². The summed E-state index contributed by atoms with van der Waals surface area (Å²) in [4.78, 5) is 0. The minimum absolute atomic E-state index is 0.0328. The van der Waals surface area contributed by atoms with Gasteiger partial charge in [-0.15, -0.1) is 0 Å². The molecule has 4 nitrogen and oxygen atoms in total. The Morgan fingerprint density at radius 3 is 2.50 bits per heavy atom. The third-order valence-electron chi connectivity index (χ3n) is 3.21. The van der Waals surface area contributed by atoms with Crippen molar-refractivity contribution in [1.82, 2.24) is 5.32 Å². The van der Waals surface area contributed by atoms with Crippen LogP contribution in [0, 0.1) is 6.92 Å². The Morgan fingerprint density at radius 2 is 1.95 bits per heavy atom. The molecule has 0 aliphatic rings. The summed E-state index contributed by atoms with van der Waals surface area (Å²) in [6, 6.07) is 9.74. The second-order valence-electron chi connectivity index (χ2n) is 4.55. The van der Waals surface area contributed by atoms with Gasteiger partial charge in [0.15, 0.2) is 0 Å². The quantitative estimate of drug-likeness (QED) is 0.878. The molecule has 2 aromatic rings. The Bertz CT molecular complexity index is 563. The van der Waals surface area contributed by atoms with E-state index in [-0.39, 0.29) is 6.04 Å². The van der Waals surface area contributed by atoms with E-state index in [1.54, 1.807) is 14.2 Å². The monoisotopic (exact) mass is 275 g/mol. The highest BCUT2D eigenvalue weighted by atomic mass is 16.5. The summed E-state index contributed by atoms with van der Waals surface area (Å²) in [7, 11) is 3.31. The molecule has 4 heteroatoms. The molecule has 0 radical (unpaired) electrons. The molecule has 1 aromatic heterocycles. The number of aryl methyl sites for hydroxylation is 1. The van der Waals surface area contributed by atoms with Crippen LogP contribution in [0.5, 0.6) is 11.5 Å². The zero-order valence-electron chi connectivity index (χ0n) is 12.4. The maximum absolute atomic E-state index is 5.76. The fourth-order valence-corrected chi connectivity index (χ4v) is 2.23. The normalized spacial score (nSPS) is 12.2. The summed E-state index contributed by atoms with van der Waals surface area (Å²) >= 11 is 0. The lowest BCUT2D eigenvalue weighted by molar-refractivity contribution is 0.379. The van der Waals surface area contributed by atoms with Gasteiger partial charge in [-0.2, -0.15) is 0 Å². The lowest BCUT2D eigenvalue weighted by Crippen LogP contribution is -2.22. The molecule has 0 saturated carbocycles. The predicted octanol–water partition coefficient (Wildman–Crippen LogP) is 3.30. The highest BCUT2D eigenvalue weighted by Crippen LogP contribution is 2.33. The first kappa shape index (κ1) is 14.5. The minimum Gasteiger partial charge on any atom is -0.497 e. The highest BCUT2D eigenvalue weighted by molar-refractivity contribution is 5.44. The Hall–Kier alpha value is -1.94. The Kier molecular flexibility index (Phi) is 4.69. The molecule has 1 unspecified atom stereocenters. The van der Waals surface area contributed by atoms with E-state index in [0.717, 1.165) is 35.1 Å². The maximum Gasteiger partial charge on any atom is 0.127 e. The van der Waals surface area contributed by atoms with Crippen molar-refractivity contribution in [3.05, 3.63) is 47.4 Å². The molecule has 1 N–H and O–H groups in total. The van der Waals surface area contributed by atoms with Crippen molar-refractivity contribution >= 4 is 0 Å². The summed E-state index contributed by atoms with van der Waals surface area (Å²) in [5.74, 6) is 3.34. The van der Waals surface area contributed by atoms with Crippen molar-refractivity contribution in [3.63, 3.8) is 0 Å². The van der Waals surface area contributed by atoms with Gasteiger partial charge in [-0.25, -0.2) is 0 Å². The number of hydrogen-bond donors (Lipinski definition) is 1. The standard InChI is InChI=1S/C16H21NO3/c1-5-17-16(14-9-6-11(2)20-14)13-8-7-12(18-3)10-15(13)19-4/h6-10,16-17H,5H2,1-4H3. The molecular formula is C16H21NO3. The van der Waals surface area contributed by atoms with E-state index >= 15 is 0 Å². The van der Waals surface area contributed by atoms with E-state index in [1.165, 1.54) is 0 Å². The first-order chi connectivity index (χ1) is 9.69. The summed E-state index contributed by atoms with van der Waals surface area (Å²) in [6.45, 7) is 4.84. The Morgan fingerprint density at radius 1 is 1.15 bits per heavy atom. The van der Waals surface area contributed by atoms with Crippen molar-refractivity contribution in [2.45, 2.75) is 19.9 Å². The molecule has 1 heterocycles. The smallest absolute Gasteiger partial charge is 0.127 e. The van der Waals surface area contributed by atoms with E-state index in [0.29, 0.717) is 0 Å². The second kappa shape index (κ2) is 6.48. The summed E-state index contributed by atoms with van der Waals surface area (Å²) in [5.41, 5.74) is 1.03. The van der Waals surface area contributed by atoms with Crippen molar-refractivity contribution < 1.29 is 13.9 Å². The lowest BCUT2D eigenvalue weighted by Gasteiger charge is -2.19. The zero-order valence-corrected chi connectivity index (χ0v) is 12.4. The third kappa shape index (κ3) is 2.96. The van der Waals surface area contributed by atoms with Gasteiger partial charge in [-0.3, -0.25) is 0 Å². The number of benzene rings is 1. The average molecular weight is 275 g/mol. The fourth-order valence-electron chi connectivity index (χ4n) is 2.23. The molecular weight excluding hydrogens is 254 g/mol. The Labute approximate surface area is 119 Å². The van der Waals surface area contributed by atoms with Crippen LogP contribution in [0.3, 0.4) is 0 Å². The number of hydrogen-bond acceptors (Lipinski definition) is 4. The van der Waals surface area contributed by atoms with Crippen LogP contribution < -0.4 is 14.8 Å². The number of methoxy groups -OCH3 is 2. The van der Waals surface area contributed by atoms with Crippen LogP contribution in [0.1, 0.15) is 30.0 Å². The third-order valence-corrected chi connectivity index (χ3v) is 3.21. The molecule has 0 spiro atoms.